The molecule has 0 aromatic carbocycles. The zero-order chi connectivity index (χ0) is 7.49. The van der Waals surface area contributed by atoms with E-state index in [4.69, 9.17) is 4.89 Å². The van der Waals surface area contributed by atoms with E-state index >= 15 is 0 Å². The van der Waals surface area contributed by atoms with E-state index in [0.29, 0.717) is 0 Å². The molecular formula is C4H10O4P. The Hall–Kier alpha value is 0.110. The van der Waals surface area contributed by atoms with Crippen molar-refractivity contribution in [3.63, 3.8) is 0 Å². The molecule has 0 saturated heterocycles. The van der Waals surface area contributed by atoms with E-state index < -0.39 is 7.82 Å². The van der Waals surface area contributed by atoms with Crippen LogP contribution >= 0.6 is 7.82 Å². The molecule has 1 N–H and O–H groups in total. The lowest BCUT2D eigenvalue weighted by Crippen LogP contribution is -1.98. The third-order valence-electron chi connectivity index (χ3n) is 0.571. The van der Waals surface area contributed by atoms with E-state index in [-0.39, 0.29) is 12.5 Å². The van der Waals surface area contributed by atoms with Gasteiger partial charge in [0.25, 0.3) is 0 Å². The summed E-state index contributed by atoms with van der Waals surface area (Å²) in [7, 11) is -4.47. The van der Waals surface area contributed by atoms with Crippen LogP contribution in [0.3, 0.4) is 0 Å². The van der Waals surface area contributed by atoms with Crippen molar-refractivity contribution < 1.29 is 18.9 Å². The molecule has 55 valence electrons. The highest BCUT2D eigenvalue weighted by Crippen LogP contribution is 2.37. The zero-order valence-corrected chi connectivity index (χ0v) is 6.30. The van der Waals surface area contributed by atoms with E-state index in [2.05, 4.69) is 4.52 Å². The highest BCUT2D eigenvalue weighted by Gasteiger charge is 2.16. The van der Waals surface area contributed by atoms with Gasteiger partial charge in [-0.1, -0.05) is 13.8 Å². The van der Waals surface area contributed by atoms with Crippen molar-refractivity contribution in [2.45, 2.75) is 13.8 Å². The quantitative estimate of drug-likeness (QED) is 0.619. The summed E-state index contributed by atoms with van der Waals surface area (Å²) in [6, 6.07) is 0. The third kappa shape index (κ3) is 8.11. The van der Waals surface area contributed by atoms with Crippen molar-refractivity contribution >= 4 is 7.82 Å². The summed E-state index contributed by atoms with van der Waals surface area (Å²) in [4.78, 5) is 17.9. The first-order chi connectivity index (χ1) is 3.92. The molecular weight excluding hydrogens is 143 g/mol. The molecule has 1 unspecified atom stereocenters. The summed E-state index contributed by atoms with van der Waals surface area (Å²) in [6.45, 7) is 3.61. The second-order valence-electron chi connectivity index (χ2n) is 2.16. The van der Waals surface area contributed by atoms with Crippen molar-refractivity contribution in [1.82, 2.24) is 0 Å². The van der Waals surface area contributed by atoms with Gasteiger partial charge < -0.3 is 4.89 Å². The fraction of sp³-hybridized carbons (Fsp3) is 1.00. The minimum absolute atomic E-state index is 0.0390. The summed E-state index contributed by atoms with van der Waals surface area (Å²) in [5.74, 6) is 0.111. The number of hydrogen-bond donors (Lipinski definition) is 1. The van der Waals surface area contributed by atoms with Gasteiger partial charge >= 0.3 is 7.82 Å². The van der Waals surface area contributed by atoms with Crippen LogP contribution in [0.2, 0.25) is 0 Å². The maximum absolute atomic E-state index is 9.90. The number of rotatable bonds is 3. The molecule has 1 atom stereocenters. The van der Waals surface area contributed by atoms with Gasteiger partial charge in [-0.2, -0.15) is 0 Å². The lowest BCUT2D eigenvalue weighted by molar-refractivity contribution is 0.155. The summed E-state index contributed by atoms with van der Waals surface area (Å²) < 4.78 is 13.9. The largest absolute Gasteiger partial charge is 0.499 e. The molecule has 0 aliphatic rings. The second kappa shape index (κ2) is 3.32. The highest BCUT2D eigenvalue weighted by molar-refractivity contribution is 7.46. The van der Waals surface area contributed by atoms with Crippen LogP contribution in [0, 0.1) is 5.92 Å². The topological polar surface area (TPSA) is 66.4 Å². The van der Waals surface area contributed by atoms with E-state index in [0.717, 1.165) is 0 Å². The normalized spacial score (nSPS) is 12.6. The summed E-state index contributed by atoms with van der Waals surface area (Å²) in [5, 5.41) is 0. The second-order valence-corrected chi connectivity index (χ2v) is 3.35. The van der Waals surface area contributed by atoms with Gasteiger partial charge in [0.1, 0.15) is 0 Å². The van der Waals surface area contributed by atoms with Crippen LogP contribution in [0.25, 0.3) is 0 Å². The zero-order valence-electron chi connectivity index (χ0n) is 5.40. The smallest absolute Gasteiger partial charge is 0.301 e. The van der Waals surface area contributed by atoms with E-state index in [1.54, 1.807) is 13.8 Å². The van der Waals surface area contributed by atoms with Crippen LogP contribution in [0.5, 0.6) is 0 Å². The van der Waals surface area contributed by atoms with Gasteiger partial charge in [-0.3, -0.25) is 4.52 Å². The van der Waals surface area contributed by atoms with Crippen LogP contribution in [-0.4, -0.2) is 11.5 Å². The standard InChI is InChI=1S/C4H10O4P/c1-4(2)3-8-9(5,6)7/h4H,3H2,1-2H3,(H,5,6). The van der Waals surface area contributed by atoms with Gasteiger partial charge in [0.05, 0.1) is 6.61 Å². The maximum Gasteiger partial charge on any atom is 0.499 e. The Morgan fingerprint density at radius 3 is 2.22 bits per heavy atom. The van der Waals surface area contributed by atoms with Crippen LogP contribution in [-0.2, 0) is 14.0 Å². The van der Waals surface area contributed by atoms with E-state index in [1.807, 2.05) is 0 Å². The van der Waals surface area contributed by atoms with E-state index in [1.165, 1.54) is 0 Å². The average Bonchev–Trinajstić information content (AvgIpc) is 1.59. The van der Waals surface area contributed by atoms with Crippen LogP contribution in [0.1, 0.15) is 13.8 Å². The van der Waals surface area contributed by atoms with Crippen LogP contribution in [0.4, 0.5) is 0 Å². The lowest BCUT2D eigenvalue weighted by atomic mass is 10.2. The third-order valence-corrected chi connectivity index (χ3v) is 1.05. The molecule has 0 aliphatic carbocycles. The highest BCUT2D eigenvalue weighted by atomic mass is 31.2. The first kappa shape index (κ1) is 9.11. The van der Waals surface area contributed by atoms with Crippen molar-refractivity contribution in [2.75, 3.05) is 6.61 Å². The Kier molecular flexibility index (Phi) is 3.36. The van der Waals surface area contributed by atoms with Crippen molar-refractivity contribution in [3.05, 3.63) is 0 Å². The summed E-state index contributed by atoms with van der Waals surface area (Å²) in [5.41, 5.74) is 0. The average molecular weight is 153 g/mol. The van der Waals surface area contributed by atoms with Crippen LogP contribution < -0.4 is 0 Å². The Labute approximate surface area is 54.1 Å². The molecule has 0 aromatic heterocycles. The molecule has 0 saturated carbocycles. The molecule has 0 rings (SSSR count). The molecule has 0 heterocycles. The van der Waals surface area contributed by atoms with Gasteiger partial charge in [-0.15, -0.1) is 4.89 Å². The fourth-order valence-corrected chi connectivity index (χ4v) is 0.730. The molecule has 0 aromatic rings. The van der Waals surface area contributed by atoms with Crippen molar-refractivity contribution in [3.8, 4) is 0 Å². The maximum atomic E-state index is 9.90. The van der Waals surface area contributed by atoms with Gasteiger partial charge in [0, 0.05) is 0 Å². The Balaban J connectivity index is 3.40. The molecule has 0 bridgehead atoms. The van der Waals surface area contributed by atoms with E-state index in [9.17, 15) is 9.46 Å². The predicted octanol–water partition coefficient (Wildman–Crippen LogP) is 1.19. The molecule has 0 spiro atoms. The predicted molar refractivity (Wildman–Crippen MR) is 31.3 cm³/mol. The van der Waals surface area contributed by atoms with Crippen molar-refractivity contribution in [1.29, 1.82) is 0 Å². The van der Waals surface area contributed by atoms with Gasteiger partial charge in [-0.05, 0) is 5.92 Å². The van der Waals surface area contributed by atoms with Gasteiger partial charge in [0.2, 0.25) is 0 Å². The fourth-order valence-electron chi connectivity index (χ4n) is 0.243. The first-order valence-corrected chi connectivity index (χ1v) is 4.09. The molecule has 5 heteroatoms. The Morgan fingerprint density at radius 1 is 1.67 bits per heavy atom. The summed E-state index contributed by atoms with van der Waals surface area (Å²) >= 11 is 0. The lowest BCUT2D eigenvalue weighted by Gasteiger charge is -2.04. The number of hydrogen-bond acceptors (Lipinski definition) is 2. The van der Waals surface area contributed by atoms with Gasteiger partial charge in [0.15, 0.2) is 0 Å². The first-order valence-electron chi connectivity index (χ1n) is 2.60. The van der Waals surface area contributed by atoms with Crippen LogP contribution in [0.15, 0.2) is 0 Å². The molecule has 1 radical (unpaired) electrons. The SMILES string of the molecule is CC(C)COP([O])(=O)O. The monoisotopic (exact) mass is 153 g/mol. The molecule has 0 amide bonds. The minimum Gasteiger partial charge on any atom is -0.301 e. The van der Waals surface area contributed by atoms with Crippen molar-refractivity contribution in [2.24, 2.45) is 5.92 Å². The molecule has 9 heavy (non-hydrogen) atoms. The molecule has 0 aliphatic heterocycles. The van der Waals surface area contributed by atoms with Gasteiger partial charge in [-0.25, -0.2) is 4.57 Å². The molecule has 0 fully saturated rings. The Bertz CT molecular complexity index is 116. The molecule has 4 nitrogen and oxygen atoms in total. The minimum atomic E-state index is -4.47. The Morgan fingerprint density at radius 2 is 2.11 bits per heavy atom. The summed E-state index contributed by atoms with van der Waals surface area (Å²) in [6.07, 6.45) is 0.